The summed E-state index contributed by atoms with van der Waals surface area (Å²) in [5.41, 5.74) is 12.0. The number of hydrogen-bond acceptors (Lipinski definition) is 5. The third-order valence-electron chi connectivity index (χ3n) is 5.49. The molecule has 0 radical (unpaired) electrons. The second-order valence-corrected chi connectivity index (χ2v) is 7.15. The Balaban J connectivity index is 1.78. The van der Waals surface area contributed by atoms with Crippen LogP contribution in [0.2, 0.25) is 0 Å². The molecule has 0 amide bonds. The first-order chi connectivity index (χ1) is 14.7. The van der Waals surface area contributed by atoms with E-state index < -0.39 is 5.54 Å². The van der Waals surface area contributed by atoms with Gasteiger partial charge in [-0.15, -0.1) is 0 Å². The first-order valence-electron chi connectivity index (χ1n) is 9.54. The minimum atomic E-state index is -0.791. The van der Waals surface area contributed by atoms with Crippen LogP contribution in [0.3, 0.4) is 0 Å². The summed E-state index contributed by atoms with van der Waals surface area (Å²) in [4.78, 5) is 13.3. The van der Waals surface area contributed by atoms with Gasteiger partial charge in [-0.3, -0.25) is 0 Å². The van der Waals surface area contributed by atoms with E-state index in [1.165, 1.54) is 6.33 Å². The van der Waals surface area contributed by atoms with Gasteiger partial charge < -0.3 is 5.73 Å². The van der Waals surface area contributed by atoms with Crippen molar-refractivity contribution in [3.8, 4) is 17.2 Å². The molecular weight excluding hydrogens is 370 g/mol. The molecule has 4 aromatic rings. The number of rotatable bonds is 3. The van der Waals surface area contributed by atoms with Gasteiger partial charge in [-0.1, -0.05) is 54.6 Å². The molecule has 5 nitrogen and oxygen atoms in total. The highest BCUT2D eigenvalue weighted by Gasteiger charge is 2.42. The van der Waals surface area contributed by atoms with E-state index in [0.717, 1.165) is 33.4 Å². The van der Waals surface area contributed by atoms with E-state index in [4.69, 9.17) is 10.7 Å². The lowest BCUT2D eigenvalue weighted by molar-refractivity contribution is 0.672. The van der Waals surface area contributed by atoms with Crippen molar-refractivity contribution in [3.63, 3.8) is 0 Å². The first kappa shape index (κ1) is 17.8. The van der Waals surface area contributed by atoms with E-state index >= 15 is 0 Å². The molecule has 1 aliphatic heterocycles. The quantitative estimate of drug-likeness (QED) is 0.575. The molecule has 0 spiro atoms. The van der Waals surface area contributed by atoms with Crippen molar-refractivity contribution < 1.29 is 0 Å². The summed E-state index contributed by atoms with van der Waals surface area (Å²) in [5.74, 6) is 0.503. The Morgan fingerprint density at radius 3 is 2.33 bits per heavy atom. The van der Waals surface area contributed by atoms with Gasteiger partial charge in [0.1, 0.15) is 17.7 Å². The highest BCUT2D eigenvalue weighted by atomic mass is 15.0. The third-order valence-corrected chi connectivity index (χ3v) is 5.49. The number of hydrogen-bond donors (Lipinski definition) is 1. The Labute approximate surface area is 174 Å². The maximum Gasteiger partial charge on any atom is 0.139 e. The van der Waals surface area contributed by atoms with Gasteiger partial charge in [0.25, 0.3) is 0 Å². The lowest BCUT2D eigenvalue weighted by Gasteiger charge is -2.29. The summed E-state index contributed by atoms with van der Waals surface area (Å²) in [7, 11) is 0. The van der Waals surface area contributed by atoms with Crippen LogP contribution in [0.15, 0.2) is 96.5 Å². The predicted octanol–water partition coefficient (Wildman–Crippen LogP) is 4.03. The molecule has 5 heteroatoms. The van der Waals surface area contributed by atoms with Crippen molar-refractivity contribution in [2.75, 3.05) is 0 Å². The standard InChI is InChI=1S/C25H17N5/c26-13-17-8-10-20(11-9-17)25(23-7-2-1-6-22(23)24(27)30-25)21-5-3-4-18(12-21)19-14-28-16-29-15-19/h1-12,14-16H,(H2,27,30). The van der Waals surface area contributed by atoms with Crippen LogP contribution in [0.5, 0.6) is 0 Å². The van der Waals surface area contributed by atoms with Gasteiger partial charge in [0.15, 0.2) is 0 Å². The topological polar surface area (TPSA) is 88.0 Å². The number of fused-ring (bicyclic) bond motifs is 1. The van der Waals surface area contributed by atoms with Crippen molar-refractivity contribution in [2.45, 2.75) is 5.54 Å². The lowest BCUT2D eigenvalue weighted by Crippen LogP contribution is -2.25. The largest absolute Gasteiger partial charge is 0.383 e. The fourth-order valence-corrected chi connectivity index (χ4v) is 4.09. The normalized spacial score (nSPS) is 17.1. The SMILES string of the molecule is N#Cc1ccc(C2(c3cccc(-c4cncnc4)c3)N=C(N)c3ccccc32)cc1. The molecule has 1 aliphatic rings. The molecule has 2 N–H and O–H groups in total. The molecule has 3 aromatic carbocycles. The average molecular weight is 387 g/mol. The smallest absolute Gasteiger partial charge is 0.139 e. The van der Waals surface area contributed by atoms with E-state index in [1.807, 2.05) is 54.6 Å². The summed E-state index contributed by atoms with van der Waals surface area (Å²) in [6, 6.07) is 26.0. The van der Waals surface area contributed by atoms with Gasteiger partial charge >= 0.3 is 0 Å². The fraction of sp³-hybridized carbons (Fsp3) is 0.0400. The Morgan fingerprint density at radius 2 is 1.57 bits per heavy atom. The van der Waals surface area contributed by atoms with Gasteiger partial charge in [0.2, 0.25) is 0 Å². The van der Waals surface area contributed by atoms with Crippen LogP contribution in [0.1, 0.15) is 27.8 Å². The van der Waals surface area contributed by atoms with Gasteiger partial charge in [-0.05, 0) is 40.5 Å². The molecule has 0 saturated carbocycles. The van der Waals surface area contributed by atoms with Crippen molar-refractivity contribution in [1.82, 2.24) is 9.97 Å². The number of nitrogens with zero attached hydrogens (tertiary/aromatic N) is 4. The molecule has 0 aliphatic carbocycles. The van der Waals surface area contributed by atoms with Gasteiger partial charge in [0, 0.05) is 23.5 Å². The minimum absolute atomic E-state index is 0.503. The highest BCUT2D eigenvalue weighted by molar-refractivity contribution is 6.03. The van der Waals surface area contributed by atoms with Crippen molar-refractivity contribution in [3.05, 3.63) is 119 Å². The van der Waals surface area contributed by atoms with Crippen molar-refractivity contribution in [2.24, 2.45) is 10.7 Å². The Bertz CT molecular complexity index is 1300. The summed E-state index contributed by atoms with van der Waals surface area (Å²) >= 11 is 0. The maximum atomic E-state index is 9.23. The van der Waals surface area contributed by atoms with E-state index in [0.29, 0.717) is 11.4 Å². The second kappa shape index (κ2) is 6.94. The monoisotopic (exact) mass is 387 g/mol. The molecule has 5 rings (SSSR count). The molecule has 1 unspecified atom stereocenters. The molecule has 2 heterocycles. The molecule has 30 heavy (non-hydrogen) atoms. The molecule has 0 fully saturated rings. The molecule has 1 aromatic heterocycles. The van der Waals surface area contributed by atoms with Crippen LogP contribution in [0, 0.1) is 11.3 Å². The fourth-order valence-electron chi connectivity index (χ4n) is 4.09. The van der Waals surface area contributed by atoms with Gasteiger partial charge in [0.05, 0.1) is 11.6 Å². The van der Waals surface area contributed by atoms with Crippen LogP contribution in [-0.4, -0.2) is 15.8 Å². The number of aliphatic imine (C=N–C) groups is 1. The third kappa shape index (κ3) is 2.66. The Kier molecular flexibility index (Phi) is 4.11. The zero-order chi connectivity index (χ0) is 20.6. The molecule has 0 bridgehead atoms. The minimum Gasteiger partial charge on any atom is -0.383 e. The number of nitrogens with two attached hydrogens (primary N) is 1. The summed E-state index contributed by atoms with van der Waals surface area (Å²) in [6.07, 6.45) is 5.10. The number of nitriles is 1. The molecule has 0 saturated heterocycles. The first-order valence-corrected chi connectivity index (χ1v) is 9.54. The Morgan fingerprint density at radius 1 is 0.800 bits per heavy atom. The summed E-state index contributed by atoms with van der Waals surface area (Å²) in [6.45, 7) is 0. The van der Waals surface area contributed by atoms with E-state index in [-0.39, 0.29) is 0 Å². The zero-order valence-electron chi connectivity index (χ0n) is 16.0. The van der Waals surface area contributed by atoms with Gasteiger partial charge in [-0.2, -0.15) is 5.26 Å². The van der Waals surface area contributed by atoms with E-state index in [2.05, 4.69) is 34.2 Å². The van der Waals surface area contributed by atoms with E-state index in [1.54, 1.807) is 12.4 Å². The molecular formula is C25H17N5. The van der Waals surface area contributed by atoms with Crippen LogP contribution in [0.25, 0.3) is 11.1 Å². The highest BCUT2D eigenvalue weighted by Crippen LogP contribution is 2.46. The van der Waals surface area contributed by atoms with Crippen molar-refractivity contribution in [1.29, 1.82) is 5.26 Å². The number of aromatic nitrogens is 2. The zero-order valence-corrected chi connectivity index (χ0v) is 16.0. The predicted molar refractivity (Wildman–Crippen MR) is 116 cm³/mol. The number of benzene rings is 3. The molecule has 142 valence electrons. The average Bonchev–Trinajstić information content (AvgIpc) is 3.13. The number of amidine groups is 1. The molecule has 1 atom stereocenters. The summed E-state index contributed by atoms with van der Waals surface area (Å²) in [5, 5.41) is 9.23. The maximum absolute atomic E-state index is 9.23. The lowest BCUT2D eigenvalue weighted by atomic mass is 9.77. The van der Waals surface area contributed by atoms with Crippen molar-refractivity contribution >= 4 is 5.84 Å². The van der Waals surface area contributed by atoms with Crippen LogP contribution in [0.4, 0.5) is 0 Å². The second-order valence-electron chi connectivity index (χ2n) is 7.15. The Hall–Kier alpha value is -4.30. The van der Waals surface area contributed by atoms with Gasteiger partial charge in [-0.25, -0.2) is 15.0 Å². The van der Waals surface area contributed by atoms with Crippen LogP contribution >= 0.6 is 0 Å². The summed E-state index contributed by atoms with van der Waals surface area (Å²) < 4.78 is 0. The van der Waals surface area contributed by atoms with Crippen LogP contribution in [-0.2, 0) is 5.54 Å². The van der Waals surface area contributed by atoms with E-state index in [9.17, 15) is 5.26 Å². The van der Waals surface area contributed by atoms with Crippen LogP contribution < -0.4 is 5.73 Å².